The molecule has 0 atom stereocenters. The van der Waals surface area contributed by atoms with E-state index in [-0.39, 0.29) is 25.0 Å². The maximum absolute atomic E-state index is 12.8. The van der Waals surface area contributed by atoms with Crippen molar-refractivity contribution < 1.29 is 23.9 Å². The minimum absolute atomic E-state index is 0.0619. The summed E-state index contributed by atoms with van der Waals surface area (Å²) in [5.74, 6) is -1.16. The van der Waals surface area contributed by atoms with Gasteiger partial charge in [0.15, 0.2) is 4.80 Å². The van der Waals surface area contributed by atoms with Crippen molar-refractivity contribution in [2.45, 2.75) is 53.0 Å². The number of aromatic nitrogens is 1. The van der Waals surface area contributed by atoms with Gasteiger partial charge in [0.25, 0.3) is 5.91 Å². The number of benzene rings is 1. The van der Waals surface area contributed by atoms with Crippen molar-refractivity contribution in [3.63, 3.8) is 0 Å². The van der Waals surface area contributed by atoms with Gasteiger partial charge in [0.05, 0.1) is 29.5 Å². The third-order valence-corrected chi connectivity index (χ3v) is 5.58. The summed E-state index contributed by atoms with van der Waals surface area (Å²) in [6, 6.07) is 5.08. The highest BCUT2D eigenvalue weighted by molar-refractivity contribution is 7.16. The highest BCUT2D eigenvalue weighted by Gasteiger charge is 2.18. The topological polar surface area (TPSA) is 87.0 Å². The average Bonchev–Trinajstić information content (AvgIpc) is 3.03. The normalized spacial score (nSPS) is 11.8. The summed E-state index contributed by atoms with van der Waals surface area (Å²) in [6.45, 7) is 6.06. The van der Waals surface area contributed by atoms with Crippen LogP contribution >= 0.6 is 11.3 Å². The minimum Gasteiger partial charge on any atom is -0.468 e. The first kappa shape index (κ1) is 22.8. The fraction of sp³-hybridized carbons (Fsp3) is 0.524. The quantitative estimate of drug-likeness (QED) is 0.577. The van der Waals surface area contributed by atoms with Gasteiger partial charge in [0.1, 0.15) is 6.54 Å². The zero-order valence-corrected chi connectivity index (χ0v) is 18.2. The summed E-state index contributed by atoms with van der Waals surface area (Å²) in [4.78, 5) is 41.5. The summed E-state index contributed by atoms with van der Waals surface area (Å²) in [5.41, 5.74) is 1.13. The number of ether oxygens (including phenoxy) is 2. The van der Waals surface area contributed by atoms with Crippen molar-refractivity contribution in [1.82, 2.24) is 4.57 Å². The molecule has 1 aromatic carbocycles. The third-order valence-electron chi connectivity index (χ3n) is 4.54. The molecular weight excluding hydrogens is 392 g/mol. The van der Waals surface area contributed by atoms with Crippen molar-refractivity contribution in [3.05, 3.63) is 28.6 Å². The van der Waals surface area contributed by atoms with Gasteiger partial charge < -0.3 is 14.0 Å². The molecule has 0 unspecified atom stereocenters. The molecule has 0 spiro atoms. The summed E-state index contributed by atoms with van der Waals surface area (Å²) >= 11 is 1.27. The molecule has 0 aliphatic heterocycles. The Morgan fingerprint density at radius 1 is 1.14 bits per heavy atom. The Bertz CT molecular complexity index is 938. The first-order chi connectivity index (χ1) is 13.9. The van der Waals surface area contributed by atoms with Gasteiger partial charge in [-0.3, -0.25) is 9.59 Å². The van der Waals surface area contributed by atoms with Gasteiger partial charge in [-0.1, -0.05) is 38.0 Å². The van der Waals surface area contributed by atoms with Crippen LogP contribution in [0, 0.1) is 5.92 Å². The Balaban J connectivity index is 2.55. The van der Waals surface area contributed by atoms with Crippen LogP contribution in [0.25, 0.3) is 10.2 Å². The van der Waals surface area contributed by atoms with E-state index in [4.69, 9.17) is 9.47 Å². The van der Waals surface area contributed by atoms with Crippen LogP contribution in [0.4, 0.5) is 0 Å². The van der Waals surface area contributed by atoms with E-state index in [1.807, 2.05) is 13.8 Å². The fourth-order valence-electron chi connectivity index (χ4n) is 3.12. The van der Waals surface area contributed by atoms with Gasteiger partial charge in [-0.05, 0) is 38.0 Å². The van der Waals surface area contributed by atoms with Gasteiger partial charge in [-0.25, -0.2) is 4.79 Å². The number of hydrogen-bond acceptors (Lipinski definition) is 6. The van der Waals surface area contributed by atoms with E-state index in [0.29, 0.717) is 15.9 Å². The molecule has 2 aromatic rings. The summed E-state index contributed by atoms with van der Waals surface area (Å²) in [6.07, 6.45) is 3.38. The van der Waals surface area contributed by atoms with E-state index in [1.165, 1.54) is 18.4 Å². The first-order valence-corrected chi connectivity index (χ1v) is 10.7. The van der Waals surface area contributed by atoms with Gasteiger partial charge in [-0.15, -0.1) is 0 Å². The van der Waals surface area contributed by atoms with E-state index in [0.717, 1.165) is 30.4 Å². The molecule has 0 bridgehead atoms. The maximum Gasteiger partial charge on any atom is 0.338 e. The number of rotatable bonds is 9. The molecule has 0 aliphatic rings. The molecule has 0 aliphatic carbocycles. The Labute approximate surface area is 174 Å². The second-order valence-corrected chi connectivity index (χ2v) is 7.68. The predicted octanol–water partition coefficient (Wildman–Crippen LogP) is 3.70. The van der Waals surface area contributed by atoms with Gasteiger partial charge >= 0.3 is 11.9 Å². The minimum atomic E-state index is -0.438. The predicted molar refractivity (Wildman–Crippen MR) is 112 cm³/mol. The molecular formula is C21H28N2O5S. The van der Waals surface area contributed by atoms with Crippen LogP contribution in [0.5, 0.6) is 0 Å². The number of carbonyl (C=O) groups excluding carboxylic acids is 3. The lowest BCUT2D eigenvalue weighted by Crippen LogP contribution is -2.24. The van der Waals surface area contributed by atoms with Crippen LogP contribution < -0.4 is 4.80 Å². The number of esters is 2. The fourth-order valence-corrected chi connectivity index (χ4v) is 4.19. The first-order valence-electron chi connectivity index (χ1n) is 9.90. The van der Waals surface area contributed by atoms with Gasteiger partial charge in [-0.2, -0.15) is 4.99 Å². The Kier molecular flexibility index (Phi) is 8.57. The lowest BCUT2D eigenvalue weighted by atomic mass is 9.98. The van der Waals surface area contributed by atoms with Gasteiger partial charge in [0.2, 0.25) is 0 Å². The average molecular weight is 421 g/mol. The maximum atomic E-state index is 12.8. The molecule has 0 N–H and O–H groups in total. The molecule has 0 saturated heterocycles. The Morgan fingerprint density at radius 2 is 1.83 bits per heavy atom. The molecule has 1 heterocycles. The third kappa shape index (κ3) is 5.76. The molecule has 1 aromatic heterocycles. The largest absolute Gasteiger partial charge is 0.468 e. The Morgan fingerprint density at radius 3 is 2.41 bits per heavy atom. The van der Waals surface area contributed by atoms with E-state index < -0.39 is 11.9 Å². The lowest BCUT2D eigenvalue weighted by molar-refractivity contribution is -0.141. The van der Waals surface area contributed by atoms with Crippen LogP contribution in [0.3, 0.4) is 0 Å². The van der Waals surface area contributed by atoms with E-state index in [2.05, 4.69) is 4.99 Å². The highest BCUT2D eigenvalue weighted by atomic mass is 32.1. The monoisotopic (exact) mass is 420 g/mol. The number of thiazole rings is 1. The molecule has 0 fully saturated rings. The summed E-state index contributed by atoms with van der Waals surface area (Å²) in [7, 11) is 1.32. The number of methoxy groups -OCH3 is 1. The molecule has 1 amide bonds. The molecule has 29 heavy (non-hydrogen) atoms. The molecule has 158 valence electrons. The van der Waals surface area contributed by atoms with E-state index in [9.17, 15) is 14.4 Å². The van der Waals surface area contributed by atoms with Crippen LogP contribution in [-0.2, 0) is 25.6 Å². The zero-order valence-electron chi connectivity index (χ0n) is 17.4. The van der Waals surface area contributed by atoms with Crippen molar-refractivity contribution in [3.8, 4) is 0 Å². The second-order valence-electron chi connectivity index (χ2n) is 6.67. The van der Waals surface area contributed by atoms with Crippen LogP contribution in [0.1, 0.15) is 56.8 Å². The summed E-state index contributed by atoms with van der Waals surface area (Å²) in [5, 5.41) is 0. The standard InChI is InChI=1S/C21H28N2O5S/c1-5-8-14(9-6-2)19(25)22-21-23(13-18(24)27-4)16-11-10-15(12-17(16)29-21)20(26)28-7-3/h10-12,14H,5-9,13H2,1-4H3. The van der Waals surface area contributed by atoms with Crippen molar-refractivity contribution in [1.29, 1.82) is 0 Å². The van der Waals surface area contributed by atoms with Crippen LogP contribution in [0.15, 0.2) is 23.2 Å². The summed E-state index contributed by atoms with van der Waals surface area (Å²) < 4.78 is 12.3. The molecule has 7 nitrogen and oxygen atoms in total. The number of carbonyl (C=O) groups is 3. The molecule has 2 rings (SSSR count). The van der Waals surface area contributed by atoms with Crippen LogP contribution in [0.2, 0.25) is 0 Å². The molecule has 0 radical (unpaired) electrons. The van der Waals surface area contributed by atoms with Crippen molar-refractivity contribution in [2.75, 3.05) is 13.7 Å². The van der Waals surface area contributed by atoms with Gasteiger partial charge in [0, 0.05) is 5.92 Å². The molecule has 0 saturated carbocycles. The Hall–Kier alpha value is -2.48. The van der Waals surface area contributed by atoms with Crippen LogP contribution in [-0.4, -0.2) is 36.1 Å². The smallest absolute Gasteiger partial charge is 0.338 e. The van der Waals surface area contributed by atoms with Crippen molar-refractivity contribution >= 4 is 39.4 Å². The number of fused-ring (bicyclic) bond motifs is 1. The van der Waals surface area contributed by atoms with E-state index in [1.54, 1.807) is 29.7 Å². The number of amides is 1. The second kappa shape index (κ2) is 10.9. The number of hydrogen-bond donors (Lipinski definition) is 0. The van der Waals surface area contributed by atoms with Crippen molar-refractivity contribution in [2.24, 2.45) is 10.9 Å². The SMILES string of the molecule is CCCC(CCC)C(=O)N=c1sc2cc(C(=O)OCC)ccc2n1CC(=O)OC. The highest BCUT2D eigenvalue weighted by Crippen LogP contribution is 2.21. The molecule has 8 heteroatoms. The van der Waals surface area contributed by atoms with E-state index >= 15 is 0 Å². The number of nitrogens with zero attached hydrogens (tertiary/aromatic N) is 2. The lowest BCUT2D eigenvalue weighted by Gasteiger charge is -2.10. The zero-order chi connectivity index (χ0) is 21.4.